The van der Waals surface area contributed by atoms with Crippen LogP contribution in [0.5, 0.6) is 11.5 Å². The third kappa shape index (κ3) is 3.16. The number of aryl methyl sites for hydroxylation is 1. The molecule has 2 atom stereocenters. The molecule has 2 aromatic rings. The quantitative estimate of drug-likeness (QED) is 0.716. The summed E-state index contributed by atoms with van der Waals surface area (Å²) in [4.78, 5) is 29.5. The number of amides is 2. The van der Waals surface area contributed by atoms with E-state index in [9.17, 15) is 9.59 Å². The first-order valence-electron chi connectivity index (χ1n) is 10.6. The second-order valence-electron chi connectivity index (χ2n) is 8.33. The van der Waals surface area contributed by atoms with E-state index in [1.54, 1.807) is 0 Å². The van der Waals surface area contributed by atoms with Crippen LogP contribution in [0.3, 0.4) is 0 Å². The summed E-state index contributed by atoms with van der Waals surface area (Å²) >= 11 is 0. The van der Waals surface area contributed by atoms with Crippen LogP contribution in [0.25, 0.3) is 0 Å². The van der Waals surface area contributed by atoms with E-state index < -0.39 is 6.04 Å². The summed E-state index contributed by atoms with van der Waals surface area (Å²) in [7, 11) is 0. The van der Waals surface area contributed by atoms with Crippen LogP contribution in [0.15, 0.2) is 36.4 Å². The van der Waals surface area contributed by atoms with Crippen molar-refractivity contribution in [1.82, 2.24) is 4.90 Å². The summed E-state index contributed by atoms with van der Waals surface area (Å²) < 4.78 is 11.7. The summed E-state index contributed by atoms with van der Waals surface area (Å²) in [6, 6.07) is 11.3. The molecule has 3 aliphatic heterocycles. The molecule has 6 nitrogen and oxygen atoms in total. The first kappa shape index (κ1) is 19.1. The van der Waals surface area contributed by atoms with E-state index in [1.165, 1.54) is 10.5 Å². The van der Waals surface area contributed by atoms with E-state index in [-0.39, 0.29) is 24.3 Å². The Balaban J connectivity index is 1.42. The van der Waals surface area contributed by atoms with E-state index in [1.807, 2.05) is 31.2 Å². The average Bonchev–Trinajstić information content (AvgIpc) is 2.90. The first-order chi connectivity index (χ1) is 14.5. The van der Waals surface area contributed by atoms with Crippen molar-refractivity contribution in [2.75, 3.05) is 24.7 Å². The first-order valence-corrected chi connectivity index (χ1v) is 10.6. The lowest BCUT2D eigenvalue weighted by atomic mass is 9.91. The highest BCUT2D eigenvalue weighted by Gasteiger charge is 2.45. The SMILES string of the molecule is Cc1ccc(N2C(=O)C[C@H](N3CCc4cc5c(cc4[C@H]3C)OCCCO5)C2=O)cc1. The van der Waals surface area contributed by atoms with Gasteiger partial charge < -0.3 is 9.47 Å². The van der Waals surface area contributed by atoms with Gasteiger partial charge >= 0.3 is 0 Å². The van der Waals surface area contributed by atoms with Crippen LogP contribution < -0.4 is 14.4 Å². The number of ether oxygens (including phenoxy) is 2. The predicted octanol–water partition coefficient (Wildman–Crippen LogP) is 3.41. The van der Waals surface area contributed by atoms with Crippen LogP contribution in [0.1, 0.15) is 42.5 Å². The average molecular weight is 406 g/mol. The molecule has 5 rings (SSSR count). The minimum Gasteiger partial charge on any atom is -0.490 e. The molecule has 1 saturated heterocycles. The maximum atomic E-state index is 13.3. The van der Waals surface area contributed by atoms with Crippen molar-refractivity contribution >= 4 is 17.5 Å². The van der Waals surface area contributed by atoms with Crippen LogP contribution in [0.2, 0.25) is 0 Å². The molecule has 0 saturated carbocycles. The predicted molar refractivity (Wildman–Crippen MR) is 113 cm³/mol. The molecule has 0 spiro atoms. The molecule has 2 aromatic carbocycles. The number of anilines is 1. The van der Waals surface area contributed by atoms with Gasteiger partial charge in [0.15, 0.2) is 11.5 Å². The number of fused-ring (bicyclic) bond motifs is 2. The molecule has 0 unspecified atom stereocenters. The van der Waals surface area contributed by atoms with Gasteiger partial charge in [0.1, 0.15) is 0 Å². The highest BCUT2D eigenvalue weighted by molar-refractivity contribution is 6.22. The van der Waals surface area contributed by atoms with Gasteiger partial charge in [-0.2, -0.15) is 0 Å². The Morgan fingerprint density at radius 1 is 1.00 bits per heavy atom. The highest BCUT2D eigenvalue weighted by Crippen LogP contribution is 2.41. The van der Waals surface area contributed by atoms with Crippen molar-refractivity contribution in [3.63, 3.8) is 0 Å². The van der Waals surface area contributed by atoms with Crippen LogP contribution in [0, 0.1) is 6.92 Å². The summed E-state index contributed by atoms with van der Waals surface area (Å²) in [6.45, 7) is 6.14. The van der Waals surface area contributed by atoms with Crippen LogP contribution in [0.4, 0.5) is 5.69 Å². The van der Waals surface area contributed by atoms with Crippen LogP contribution >= 0.6 is 0 Å². The molecule has 0 N–H and O–H groups in total. The Morgan fingerprint density at radius 3 is 2.43 bits per heavy atom. The lowest BCUT2D eigenvalue weighted by molar-refractivity contribution is -0.123. The van der Waals surface area contributed by atoms with Gasteiger partial charge in [0.2, 0.25) is 5.91 Å². The van der Waals surface area contributed by atoms with E-state index in [0.29, 0.717) is 18.9 Å². The molecular formula is C24H26N2O4. The topological polar surface area (TPSA) is 59.1 Å². The maximum absolute atomic E-state index is 13.3. The number of nitrogens with zero attached hydrogens (tertiary/aromatic N) is 2. The molecule has 3 heterocycles. The lowest BCUT2D eigenvalue weighted by Crippen LogP contribution is -2.46. The molecule has 30 heavy (non-hydrogen) atoms. The van der Waals surface area contributed by atoms with E-state index >= 15 is 0 Å². The largest absolute Gasteiger partial charge is 0.490 e. The molecule has 6 heteroatoms. The highest BCUT2D eigenvalue weighted by atomic mass is 16.5. The van der Waals surface area contributed by atoms with E-state index in [0.717, 1.165) is 42.0 Å². The van der Waals surface area contributed by atoms with E-state index in [2.05, 4.69) is 24.0 Å². The monoisotopic (exact) mass is 406 g/mol. The second-order valence-corrected chi connectivity index (χ2v) is 8.33. The Labute approximate surface area is 176 Å². The van der Waals surface area contributed by atoms with Crippen molar-refractivity contribution in [3.05, 3.63) is 53.1 Å². The maximum Gasteiger partial charge on any atom is 0.251 e. The van der Waals surface area contributed by atoms with Gasteiger partial charge in [-0.1, -0.05) is 17.7 Å². The number of rotatable bonds is 2. The number of imide groups is 1. The zero-order valence-corrected chi connectivity index (χ0v) is 17.4. The number of hydrogen-bond donors (Lipinski definition) is 0. The van der Waals surface area contributed by atoms with Crippen LogP contribution in [-0.2, 0) is 16.0 Å². The fraction of sp³-hybridized carbons (Fsp3) is 0.417. The molecule has 3 aliphatic rings. The third-order valence-electron chi connectivity index (χ3n) is 6.41. The minimum absolute atomic E-state index is 0.0191. The molecule has 0 aliphatic carbocycles. The Morgan fingerprint density at radius 2 is 1.70 bits per heavy atom. The summed E-state index contributed by atoms with van der Waals surface area (Å²) in [6.07, 6.45) is 1.91. The van der Waals surface area contributed by atoms with Gasteiger partial charge in [-0.15, -0.1) is 0 Å². The summed E-state index contributed by atoms with van der Waals surface area (Å²) in [5, 5.41) is 0. The van der Waals surface area contributed by atoms with Crippen molar-refractivity contribution < 1.29 is 19.1 Å². The van der Waals surface area contributed by atoms with Gasteiger partial charge in [0, 0.05) is 19.0 Å². The zero-order chi connectivity index (χ0) is 20.8. The standard InChI is InChI=1S/C24H26N2O4/c1-15-4-6-18(7-5-15)26-23(27)14-20(24(26)28)25-9-8-17-12-21-22(13-19(17)16(25)2)30-11-3-10-29-21/h4-7,12-13,16,20H,3,8-11,14H2,1-2H3/t16-,20+/m1/s1. The van der Waals surface area contributed by atoms with Crippen molar-refractivity contribution in [2.45, 2.75) is 45.2 Å². The van der Waals surface area contributed by atoms with Gasteiger partial charge in [-0.3, -0.25) is 14.5 Å². The molecule has 0 bridgehead atoms. The number of carbonyl (C=O) groups is 2. The van der Waals surface area contributed by atoms with Gasteiger partial charge in [0.25, 0.3) is 5.91 Å². The van der Waals surface area contributed by atoms with Crippen LogP contribution in [-0.4, -0.2) is 42.5 Å². The zero-order valence-electron chi connectivity index (χ0n) is 17.4. The number of hydrogen-bond acceptors (Lipinski definition) is 5. The summed E-state index contributed by atoms with van der Waals surface area (Å²) in [5.41, 5.74) is 4.13. The summed E-state index contributed by atoms with van der Waals surface area (Å²) in [5.74, 6) is 1.32. The minimum atomic E-state index is -0.432. The van der Waals surface area contributed by atoms with Gasteiger partial charge in [-0.05, 0) is 55.7 Å². The Hall–Kier alpha value is -2.86. The lowest BCUT2D eigenvalue weighted by Gasteiger charge is -2.38. The Bertz CT molecular complexity index is 1000. The second kappa shape index (κ2) is 7.43. The number of benzene rings is 2. The third-order valence-corrected chi connectivity index (χ3v) is 6.41. The van der Waals surface area contributed by atoms with Gasteiger partial charge in [0.05, 0.1) is 31.4 Å². The van der Waals surface area contributed by atoms with Crippen molar-refractivity contribution in [1.29, 1.82) is 0 Å². The molecule has 2 amide bonds. The molecular weight excluding hydrogens is 380 g/mol. The molecule has 0 aromatic heterocycles. The molecule has 0 radical (unpaired) electrons. The number of carbonyl (C=O) groups excluding carboxylic acids is 2. The molecule has 156 valence electrons. The molecule has 1 fully saturated rings. The smallest absolute Gasteiger partial charge is 0.251 e. The fourth-order valence-corrected chi connectivity index (χ4v) is 4.76. The van der Waals surface area contributed by atoms with Crippen molar-refractivity contribution in [2.24, 2.45) is 0 Å². The Kier molecular flexibility index (Phi) is 4.74. The fourth-order valence-electron chi connectivity index (χ4n) is 4.76. The normalized spacial score (nSPS) is 24.0. The van der Waals surface area contributed by atoms with Crippen molar-refractivity contribution in [3.8, 4) is 11.5 Å². The van der Waals surface area contributed by atoms with Gasteiger partial charge in [-0.25, -0.2) is 4.90 Å². The van der Waals surface area contributed by atoms with E-state index in [4.69, 9.17) is 9.47 Å².